The summed E-state index contributed by atoms with van der Waals surface area (Å²) in [5.74, 6) is 0.387. The standard InChI is InChI=1S/C13H12F3N3O2/c1-21-9-4-2-3-8(5-9)7-17-12-18-10(13(14,15)16)6-11(20)19-12/h2-6H,7H2,1H3,(H2,17,18,19,20). The van der Waals surface area contributed by atoms with E-state index in [2.05, 4.69) is 15.3 Å². The summed E-state index contributed by atoms with van der Waals surface area (Å²) in [6, 6.07) is 7.39. The number of hydrogen-bond acceptors (Lipinski definition) is 4. The molecular weight excluding hydrogens is 287 g/mol. The van der Waals surface area contributed by atoms with Crippen molar-refractivity contribution in [1.82, 2.24) is 9.97 Å². The molecule has 0 atom stereocenters. The van der Waals surface area contributed by atoms with Crippen molar-refractivity contribution in [3.63, 3.8) is 0 Å². The van der Waals surface area contributed by atoms with Gasteiger partial charge in [0.25, 0.3) is 5.56 Å². The Labute approximate surface area is 117 Å². The number of halogens is 3. The van der Waals surface area contributed by atoms with Crippen LogP contribution in [0, 0.1) is 0 Å². The number of nitrogens with one attached hydrogen (secondary N) is 2. The van der Waals surface area contributed by atoms with Gasteiger partial charge in [-0.3, -0.25) is 9.78 Å². The highest BCUT2D eigenvalue weighted by molar-refractivity contribution is 5.33. The molecule has 0 fully saturated rings. The Balaban J connectivity index is 2.16. The van der Waals surface area contributed by atoms with Gasteiger partial charge in [0.05, 0.1) is 7.11 Å². The van der Waals surface area contributed by atoms with Crippen LogP contribution in [0.15, 0.2) is 35.1 Å². The van der Waals surface area contributed by atoms with Gasteiger partial charge in [-0.2, -0.15) is 13.2 Å². The lowest BCUT2D eigenvalue weighted by Crippen LogP contribution is -2.18. The van der Waals surface area contributed by atoms with Crippen molar-refractivity contribution in [3.05, 3.63) is 51.9 Å². The molecule has 0 aliphatic rings. The molecule has 5 nitrogen and oxygen atoms in total. The highest BCUT2D eigenvalue weighted by Gasteiger charge is 2.33. The molecule has 0 saturated heterocycles. The van der Waals surface area contributed by atoms with E-state index in [1.54, 1.807) is 24.3 Å². The average molecular weight is 299 g/mol. The quantitative estimate of drug-likeness (QED) is 0.910. The first kappa shape index (κ1) is 14.9. The van der Waals surface area contributed by atoms with E-state index in [0.29, 0.717) is 11.8 Å². The first-order valence-corrected chi connectivity index (χ1v) is 5.94. The SMILES string of the molecule is COc1cccc(CNc2nc(C(F)(F)F)cc(=O)[nH]2)c1. The van der Waals surface area contributed by atoms with Crippen LogP contribution in [0.5, 0.6) is 5.75 Å². The van der Waals surface area contributed by atoms with E-state index in [-0.39, 0.29) is 12.5 Å². The van der Waals surface area contributed by atoms with Crippen LogP contribution in [0.3, 0.4) is 0 Å². The van der Waals surface area contributed by atoms with Crippen molar-refractivity contribution in [1.29, 1.82) is 0 Å². The molecule has 0 bridgehead atoms. The third-order valence-corrected chi connectivity index (χ3v) is 2.63. The molecule has 0 unspecified atom stereocenters. The van der Waals surface area contributed by atoms with Gasteiger partial charge < -0.3 is 10.1 Å². The van der Waals surface area contributed by atoms with Gasteiger partial charge in [0.1, 0.15) is 5.75 Å². The van der Waals surface area contributed by atoms with Crippen molar-refractivity contribution in [2.24, 2.45) is 0 Å². The summed E-state index contributed by atoms with van der Waals surface area (Å²) in [6.45, 7) is 0.196. The Morgan fingerprint density at radius 3 is 2.76 bits per heavy atom. The predicted octanol–water partition coefficient (Wildman–Crippen LogP) is 2.41. The van der Waals surface area contributed by atoms with Crippen LogP contribution >= 0.6 is 0 Å². The fourth-order valence-electron chi connectivity index (χ4n) is 1.65. The first-order valence-electron chi connectivity index (χ1n) is 5.94. The maximum absolute atomic E-state index is 12.6. The molecule has 0 amide bonds. The van der Waals surface area contributed by atoms with E-state index in [1.165, 1.54) is 7.11 Å². The van der Waals surface area contributed by atoms with Gasteiger partial charge in [0.2, 0.25) is 5.95 Å². The van der Waals surface area contributed by atoms with Crippen LogP contribution < -0.4 is 15.6 Å². The van der Waals surface area contributed by atoms with Crippen LogP contribution in [-0.4, -0.2) is 17.1 Å². The molecule has 112 valence electrons. The molecule has 2 rings (SSSR count). The highest BCUT2D eigenvalue weighted by atomic mass is 19.4. The van der Waals surface area contributed by atoms with Crippen molar-refractivity contribution in [3.8, 4) is 5.75 Å². The van der Waals surface area contributed by atoms with Gasteiger partial charge in [0, 0.05) is 12.6 Å². The van der Waals surface area contributed by atoms with Crippen molar-refractivity contribution >= 4 is 5.95 Å². The molecular formula is C13H12F3N3O2. The Morgan fingerprint density at radius 2 is 2.10 bits per heavy atom. The highest BCUT2D eigenvalue weighted by Crippen LogP contribution is 2.26. The van der Waals surface area contributed by atoms with Crippen LogP contribution in [0.4, 0.5) is 19.1 Å². The molecule has 1 aromatic carbocycles. The maximum Gasteiger partial charge on any atom is 0.433 e. The molecule has 0 spiro atoms. The summed E-state index contributed by atoms with van der Waals surface area (Å²) in [5, 5.41) is 2.64. The Kier molecular flexibility index (Phi) is 4.15. The molecule has 21 heavy (non-hydrogen) atoms. The van der Waals surface area contributed by atoms with E-state index in [1.807, 2.05) is 0 Å². The Hall–Kier alpha value is -2.51. The van der Waals surface area contributed by atoms with E-state index in [4.69, 9.17) is 4.74 Å². The van der Waals surface area contributed by atoms with Gasteiger partial charge in [-0.25, -0.2) is 4.98 Å². The lowest BCUT2D eigenvalue weighted by molar-refractivity contribution is -0.141. The number of hydrogen-bond donors (Lipinski definition) is 2. The Morgan fingerprint density at radius 1 is 1.33 bits per heavy atom. The summed E-state index contributed by atoms with van der Waals surface area (Å²) in [4.78, 5) is 16.8. The third kappa shape index (κ3) is 3.98. The number of anilines is 1. The molecule has 0 radical (unpaired) electrons. The summed E-state index contributed by atoms with van der Waals surface area (Å²) in [5.41, 5.74) is -1.33. The van der Waals surface area contributed by atoms with E-state index >= 15 is 0 Å². The molecule has 0 aliphatic carbocycles. The first-order chi connectivity index (χ1) is 9.88. The summed E-state index contributed by atoms with van der Waals surface area (Å²) in [6.07, 6.45) is -4.67. The van der Waals surface area contributed by atoms with Gasteiger partial charge >= 0.3 is 6.18 Å². The van der Waals surface area contributed by atoms with Gasteiger partial charge in [-0.05, 0) is 17.7 Å². The van der Waals surface area contributed by atoms with Gasteiger partial charge in [0.15, 0.2) is 5.69 Å². The maximum atomic E-state index is 12.6. The molecule has 0 saturated carbocycles. The second kappa shape index (κ2) is 5.86. The predicted molar refractivity (Wildman–Crippen MR) is 70.2 cm³/mol. The monoisotopic (exact) mass is 299 g/mol. The van der Waals surface area contributed by atoms with E-state index in [9.17, 15) is 18.0 Å². The molecule has 8 heteroatoms. The van der Waals surface area contributed by atoms with E-state index < -0.39 is 17.4 Å². The lowest BCUT2D eigenvalue weighted by atomic mass is 10.2. The number of nitrogens with zero attached hydrogens (tertiary/aromatic N) is 1. The molecule has 0 aliphatic heterocycles. The number of ether oxygens (including phenoxy) is 1. The lowest BCUT2D eigenvalue weighted by Gasteiger charge is -2.09. The van der Waals surface area contributed by atoms with Gasteiger partial charge in [-0.1, -0.05) is 12.1 Å². The zero-order chi connectivity index (χ0) is 15.5. The van der Waals surface area contributed by atoms with Gasteiger partial charge in [-0.15, -0.1) is 0 Å². The second-order valence-electron chi connectivity index (χ2n) is 4.18. The molecule has 2 N–H and O–H groups in total. The number of aromatic amines is 1. The summed E-state index contributed by atoms with van der Waals surface area (Å²) >= 11 is 0. The Bertz CT molecular complexity index is 683. The summed E-state index contributed by atoms with van der Waals surface area (Å²) < 4.78 is 42.7. The zero-order valence-electron chi connectivity index (χ0n) is 11.0. The van der Waals surface area contributed by atoms with Crippen LogP contribution in [0.2, 0.25) is 0 Å². The number of rotatable bonds is 4. The van der Waals surface area contributed by atoms with Crippen LogP contribution in [0.1, 0.15) is 11.3 Å². The largest absolute Gasteiger partial charge is 0.497 e. The van der Waals surface area contributed by atoms with Crippen molar-refractivity contribution < 1.29 is 17.9 Å². The normalized spacial score (nSPS) is 11.2. The fraction of sp³-hybridized carbons (Fsp3) is 0.231. The number of methoxy groups -OCH3 is 1. The van der Waals surface area contributed by atoms with Crippen LogP contribution in [0.25, 0.3) is 0 Å². The number of benzene rings is 1. The number of alkyl halides is 3. The number of aromatic nitrogens is 2. The van der Waals surface area contributed by atoms with Crippen molar-refractivity contribution in [2.45, 2.75) is 12.7 Å². The third-order valence-electron chi connectivity index (χ3n) is 2.63. The smallest absolute Gasteiger partial charge is 0.433 e. The minimum atomic E-state index is -4.67. The van der Waals surface area contributed by atoms with Crippen LogP contribution in [-0.2, 0) is 12.7 Å². The topological polar surface area (TPSA) is 67.0 Å². The summed E-state index contributed by atoms with van der Waals surface area (Å²) in [7, 11) is 1.51. The average Bonchev–Trinajstić information content (AvgIpc) is 2.44. The molecule has 2 aromatic rings. The zero-order valence-corrected chi connectivity index (χ0v) is 11.0. The minimum absolute atomic E-state index is 0.196. The minimum Gasteiger partial charge on any atom is -0.497 e. The number of H-pyrrole nitrogens is 1. The molecule has 1 aromatic heterocycles. The fourth-order valence-corrected chi connectivity index (χ4v) is 1.65. The van der Waals surface area contributed by atoms with E-state index in [0.717, 1.165) is 5.56 Å². The molecule has 1 heterocycles. The van der Waals surface area contributed by atoms with Crippen molar-refractivity contribution in [2.75, 3.05) is 12.4 Å². The second-order valence-corrected chi connectivity index (χ2v) is 4.18.